The predicted molar refractivity (Wildman–Crippen MR) is 105 cm³/mol. The summed E-state index contributed by atoms with van der Waals surface area (Å²) in [7, 11) is 0. The molecule has 0 unspecified atom stereocenters. The van der Waals surface area contributed by atoms with Crippen LogP contribution in [0.5, 0.6) is 0 Å². The van der Waals surface area contributed by atoms with Crippen LogP contribution >= 0.6 is 0 Å². The lowest BCUT2D eigenvalue weighted by Crippen LogP contribution is -2.42. The summed E-state index contributed by atoms with van der Waals surface area (Å²) in [6.07, 6.45) is 4.70. The zero-order chi connectivity index (χ0) is 19.3. The molecule has 1 aromatic carbocycles. The predicted octanol–water partition coefficient (Wildman–Crippen LogP) is 2.67. The number of imidazole rings is 1. The summed E-state index contributed by atoms with van der Waals surface area (Å²) < 4.78 is 13.4. The first-order valence-corrected chi connectivity index (χ1v) is 9.69. The number of likely N-dealkylation sites (tertiary alicyclic amines) is 1. The van der Waals surface area contributed by atoms with Gasteiger partial charge in [-0.2, -0.15) is 0 Å². The maximum Gasteiger partial charge on any atom is 0.234 e. The van der Waals surface area contributed by atoms with Crippen LogP contribution in [0.15, 0.2) is 42.6 Å². The fraction of sp³-hybridized carbons (Fsp3) is 0.381. The van der Waals surface area contributed by atoms with Crippen molar-refractivity contribution in [2.24, 2.45) is 5.92 Å². The van der Waals surface area contributed by atoms with Crippen LogP contribution < -0.4 is 5.32 Å². The minimum absolute atomic E-state index is 0.0190. The number of carbonyl (C=O) groups excluding carboxylic acids is 1. The van der Waals surface area contributed by atoms with Gasteiger partial charge < -0.3 is 10.3 Å². The molecule has 146 valence electrons. The highest BCUT2D eigenvalue weighted by Gasteiger charge is 2.23. The molecule has 7 heteroatoms. The van der Waals surface area contributed by atoms with Crippen molar-refractivity contribution in [2.45, 2.75) is 25.8 Å². The number of aromatic amines is 1. The summed E-state index contributed by atoms with van der Waals surface area (Å²) in [6, 6.07) is 10.3. The van der Waals surface area contributed by atoms with Crippen LogP contribution in [-0.2, 0) is 17.8 Å². The SMILES string of the molecule is O=C(CN1CCC[C@H](Cc2nc3ccc(F)cc3[nH]2)C1)NCc1ccccn1. The number of hydrogen-bond acceptors (Lipinski definition) is 4. The lowest BCUT2D eigenvalue weighted by atomic mass is 9.94. The molecule has 0 bridgehead atoms. The van der Waals surface area contributed by atoms with Crippen molar-refractivity contribution >= 4 is 16.9 Å². The van der Waals surface area contributed by atoms with Crippen molar-refractivity contribution in [3.8, 4) is 0 Å². The van der Waals surface area contributed by atoms with Crippen LogP contribution in [-0.4, -0.2) is 45.4 Å². The molecule has 6 nitrogen and oxygen atoms in total. The lowest BCUT2D eigenvalue weighted by Gasteiger charge is -2.31. The zero-order valence-corrected chi connectivity index (χ0v) is 15.7. The summed E-state index contributed by atoms with van der Waals surface area (Å²) in [4.78, 5) is 26.5. The monoisotopic (exact) mass is 381 g/mol. The number of halogens is 1. The highest BCUT2D eigenvalue weighted by atomic mass is 19.1. The van der Waals surface area contributed by atoms with Crippen LogP contribution in [0.1, 0.15) is 24.4 Å². The van der Waals surface area contributed by atoms with Gasteiger partial charge in [-0.1, -0.05) is 6.07 Å². The Kier molecular flexibility index (Phi) is 5.62. The third kappa shape index (κ3) is 4.72. The Labute approximate surface area is 163 Å². The number of benzene rings is 1. The zero-order valence-electron chi connectivity index (χ0n) is 15.7. The molecule has 0 spiro atoms. The van der Waals surface area contributed by atoms with Gasteiger partial charge in [0, 0.05) is 19.2 Å². The van der Waals surface area contributed by atoms with Gasteiger partial charge in [-0.15, -0.1) is 0 Å². The van der Waals surface area contributed by atoms with Crippen molar-refractivity contribution in [1.29, 1.82) is 0 Å². The molecule has 1 atom stereocenters. The van der Waals surface area contributed by atoms with E-state index >= 15 is 0 Å². The van der Waals surface area contributed by atoms with Gasteiger partial charge in [-0.25, -0.2) is 9.37 Å². The highest BCUT2D eigenvalue weighted by Crippen LogP contribution is 2.21. The number of carbonyl (C=O) groups is 1. The van der Waals surface area contributed by atoms with E-state index in [1.807, 2.05) is 18.2 Å². The second-order valence-corrected chi connectivity index (χ2v) is 7.39. The minimum Gasteiger partial charge on any atom is -0.349 e. The third-order valence-corrected chi connectivity index (χ3v) is 5.14. The van der Waals surface area contributed by atoms with Gasteiger partial charge in [-0.05, 0) is 55.6 Å². The molecule has 28 heavy (non-hydrogen) atoms. The number of aromatic nitrogens is 3. The molecule has 1 saturated heterocycles. The Hall–Kier alpha value is -2.80. The average Bonchev–Trinajstić information content (AvgIpc) is 3.09. The summed E-state index contributed by atoms with van der Waals surface area (Å²) in [5, 5.41) is 2.94. The number of hydrogen-bond donors (Lipinski definition) is 2. The lowest BCUT2D eigenvalue weighted by molar-refractivity contribution is -0.122. The Morgan fingerprint density at radius 1 is 1.32 bits per heavy atom. The number of nitrogens with one attached hydrogen (secondary N) is 2. The summed E-state index contributed by atoms with van der Waals surface area (Å²) in [5.41, 5.74) is 2.38. The molecule has 2 aromatic heterocycles. The number of H-pyrrole nitrogens is 1. The van der Waals surface area contributed by atoms with E-state index < -0.39 is 0 Å². The minimum atomic E-state index is -0.261. The van der Waals surface area contributed by atoms with Gasteiger partial charge in [0.15, 0.2) is 0 Å². The summed E-state index contributed by atoms with van der Waals surface area (Å²) >= 11 is 0. The maximum atomic E-state index is 13.4. The van der Waals surface area contributed by atoms with E-state index in [1.54, 1.807) is 12.3 Å². The second kappa shape index (κ2) is 8.48. The van der Waals surface area contributed by atoms with Crippen molar-refractivity contribution in [3.63, 3.8) is 0 Å². The second-order valence-electron chi connectivity index (χ2n) is 7.39. The molecule has 3 aromatic rings. The molecule has 0 saturated carbocycles. The highest BCUT2D eigenvalue weighted by molar-refractivity contribution is 5.78. The standard InChI is InChI=1S/C21H24FN5O/c22-16-6-7-18-19(11-16)26-20(25-18)10-15-4-3-9-27(13-15)14-21(28)24-12-17-5-1-2-8-23-17/h1-2,5-8,11,15H,3-4,9-10,12-14H2,(H,24,28)(H,25,26)/t15-/m1/s1. The van der Waals surface area contributed by atoms with Gasteiger partial charge in [0.05, 0.1) is 29.8 Å². The molecule has 1 amide bonds. The first-order chi connectivity index (χ1) is 13.7. The number of amides is 1. The van der Waals surface area contributed by atoms with Gasteiger partial charge in [0.1, 0.15) is 11.6 Å². The van der Waals surface area contributed by atoms with E-state index in [2.05, 4.69) is 25.2 Å². The van der Waals surface area contributed by atoms with Crippen LogP contribution in [0.2, 0.25) is 0 Å². The molecule has 0 aliphatic carbocycles. The van der Waals surface area contributed by atoms with Crippen molar-refractivity contribution < 1.29 is 9.18 Å². The Morgan fingerprint density at radius 3 is 3.11 bits per heavy atom. The number of nitrogens with zero attached hydrogens (tertiary/aromatic N) is 3. The summed E-state index contributed by atoms with van der Waals surface area (Å²) in [6.45, 7) is 2.64. The fourth-order valence-electron chi connectivity index (χ4n) is 3.82. The summed E-state index contributed by atoms with van der Waals surface area (Å²) in [5.74, 6) is 1.07. The largest absolute Gasteiger partial charge is 0.349 e. The first-order valence-electron chi connectivity index (χ1n) is 9.69. The Bertz CT molecular complexity index is 942. The molecular weight excluding hydrogens is 357 g/mol. The van der Waals surface area contributed by atoms with Crippen molar-refractivity contribution in [1.82, 2.24) is 25.2 Å². The molecule has 0 radical (unpaired) electrons. The quantitative estimate of drug-likeness (QED) is 0.689. The van der Waals surface area contributed by atoms with E-state index in [9.17, 15) is 9.18 Å². The smallest absolute Gasteiger partial charge is 0.234 e. The van der Waals surface area contributed by atoms with E-state index in [-0.39, 0.29) is 11.7 Å². The number of rotatable bonds is 6. The number of fused-ring (bicyclic) bond motifs is 1. The normalized spacial score (nSPS) is 17.7. The first kappa shape index (κ1) is 18.6. The fourth-order valence-corrected chi connectivity index (χ4v) is 3.82. The Balaban J connectivity index is 1.29. The number of pyridine rings is 1. The van der Waals surface area contributed by atoms with Crippen LogP contribution in [0.3, 0.4) is 0 Å². The molecule has 1 fully saturated rings. The van der Waals surface area contributed by atoms with Gasteiger partial charge >= 0.3 is 0 Å². The third-order valence-electron chi connectivity index (χ3n) is 5.14. The Morgan fingerprint density at radius 2 is 2.25 bits per heavy atom. The average molecular weight is 381 g/mol. The molecular formula is C21H24FN5O. The maximum absolute atomic E-state index is 13.4. The molecule has 3 heterocycles. The topological polar surface area (TPSA) is 73.9 Å². The van der Waals surface area contributed by atoms with Crippen molar-refractivity contribution in [2.75, 3.05) is 19.6 Å². The van der Waals surface area contributed by atoms with E-state index in [0.717, 1.165) is 54.9 Å². The molecule has 1 aliphatic heterocycles. The van der Waals surface area contributed by atoms with Gasteiger partial charge in [0.2, 0.25) is 5.91 Å². The van der Waals surface area contributed by atoms with Crippen LogP contribution in [0.25, 0.3) is 11.0 Å². The molecule has 1 aliphatic rings. The van der Waals surface area contributed by atoms with E-state index in [0.29, 0.717) is 19.0 Å². The van der Waals surface area contributed by atoms with Crippen LogP contribution in [0.4, 0.5) is 4.39 Å². The molecule has 2 N–H and O–H groups in total. The van der Waals surface area contributed by atoms with Crippen LogP contribution in [0, 0.1) is 11.7 Å². The van der Waals surface area contributed by atoms with Gasteiger partial charge in [0.25, 0.3) is 0 Å². The van der Waals surface area contributed by atoms with Gasteiger partial charge in [-0.3, -0.25) is 14.7 Å². The molecule has 4 rings (SSSR count). The van der Waals surface area contributed by atoms with Crippen molar-refractivity contribution in [3.05, 3.63) is 59.9 Å². The number of piperidine rings is 1. The van der Waals surface area contributed by atoms with E-state index in [1.165, 1.54) is 12.1 Å². The van der Waals surface area contributed by atoms with E-state index in [4.69, 9.17) is 0 Å².